The van der Waals surface area contributed by atoms with E-state index in [0.717, 1.165) is 57.9 Å². The van der Waals surface area contributed by atoms with Gasteiger partial charge in [0.1, 0.15) is 16.1 Å². The van der Waals surface area contributed by atoms with Crippen LogP contribution in [-0.4, -0.2) is 114 Å². The zero-order valence-electron chi connectivity index (χ0n) is 48.6. The third kappa shape index (κ3) is 11.6. The molecule has 3 amide bonds. The van der Waals surface area contributed by atoms with Crippen LogP contribution >= 0.6 is 92.8 Å². The zero-order valence-corrected chi connectivity index (χ0v) is 56.6. The number of fused-ring (bicyclic) bond motifs is 12. The number of ether oxygens (including phenoxy) is 2. The molecule has 18 nitrogen and oxygen atoms in total. The number of esters is 2. The monoisotopic (exact) mass is 1420 g/mol. The summed E-state index contributed by atoms with van der Waals surface area (Å²) in [6, 6.07) is 14.6. The topological polar surface area (TPSA) is 293 Å². The minimum atomic E-state index is -3.01. The number of phenols is 4. The Bertz CT molecular complexity index is 3860. The molecule has 476 valence electrons. The van der Waals surface area contributed by atoms with Crippen molar-refractivity contribution in [1.82, 2.24) is 10.4 Å². The number of hydroxylamine groups is 2. The van der Waals surface area contributed by atoms with Crippen LogP contribution in [0.1, 0.15) is 139 Å². The normalized spacial score (nSPS) is 16.1. The lowest BCUT2D eigenvalue weighted by molar-refractivity contribution is -0.172. The molecule has 5 heterocycles. The summed E-state index contributed by atoms with van der Waals surface area (Å²) in [6.07, 6.45) is 7.35. The highest BCUT2D eigenvalue weighted by atomic mass is 35.5. The second kappa shape index (κ2) is 26.6. The van der Waals surface area contributed by atoms with E-state index in [9.17, 15) is 49.2 Å². The number of aromatic hydroxyl groups is 4. The van der Waals surface area contributed by atoms with Crippen LogP contribution in [0.2, 0.25) is 66.4 Å². The van der Waals surface area contributed by atoms with Crippen LogP contribution in [0.4, 0.5) is 0 Å². The molecule has 90 heavy (non-hydrogen) atoms. The first-order chi connectivity index (χ1) is 42.5. The van der Waals surface area contributed by atoms with E-state index >= 15 is 0 Å². The first kappa shape index (κ1) is 68.5. The van der Waals surface area contributed by atoms with Crippen LogP contribution < -0.4 is 31.8 Å². The Kier molecular flexibility index (Phi) is 20.3. The SMILES string of the molecule is C[Si]1(C)c2c(cc(Cl)c(O)c2Cl)C2(OC(=O)c3ccc(C(=O)NCCCCCCO)cc32)c2cc(Cl)c(O)c(Cl)c21.C[Si]1(C)c2c(cc(Cl)c(O)c2Cl)C2(OC(=O)c3ccc(C(=O)ON4C(=O)CCC4=O)cc32)c2cc(Cl)c(O)c(Cl)c21.NCCCCCCO. The molecule has 5 aliphatic heterocycles. The Balaban J connectivity index is 0.000000190. The number of halogens is 8. The molecule has 1 saturated heterocycles. The van der Waals surface area contributed by atoms with E-state index in [4.69, 9.17) is 123 Å². The van der Waals surface area contributed by atoms with Crippen molar-refractivity contribution in [3.63, 3.8) is 0 Å². The highest BCUT2D eigenvalue weighted by Gasteiger charge is 2.60. The van der Waals surface area contributed by atoms with Gasteiger partial charge >= 0.3 is 17.9 Å². The molecule has 0 aliphatic carbocycles. The molecule has 0 saturated carbocycles. The molecule has 6 aromatic rings. The third-order valence-corrected chi connectivity index (χ3v) is 27.0. The molecular formula is C62H59Cl8N3O15Si2. The van der Waals surface area contributed by atoms with Gasteiger partial charge in [-0.25, -0.2) is 14.4 Å². The van der Waals surface area contributed by atoms with Gasteiger partial charge in [0, 0.05) is 71.5 Å². The van der Waals surface area contributed by atoms with E-state index in [2.05, 4.69) is 5.32 Å². The smallest absolute Gasteiger partial charge is 0.363 e. The van der Waals surface area contributed by atoms with E-state index in [0.29, 0.717) is 72.3 Å². The maximum atomic E-state index is 13.4. The highest BCUT2D eigenvalue weighted by molar-refractivity contribution is 7.04. The summed E-state index contributed by atoms with van der Waals surface area (Å²) in [5.74, 6) is -5.50. The number of aliphatic hydroxyl groups is 2. The number of phenolic OH excluding ortho intramolecular Hbond substituents is 4. The van der Waals surface area contributed by atoms with Crippen molar-refractivity contribution in [2.45, 2.75) is 102 Å². The van der Waals surface area contributed by atoms with Gasteiger partial charge < -0.3 is 56.0 Å². The van der Waals surface area contributed by atoms with E-state index in [1.54, 1.807) is 12.1 Å². The van der Waals surface area contributed by atoms with Gasteiger partial charge in [-0.15, -0.1) is 5.06 Å². The molecule has 0 aromatic heterocycles. The van der Waals surface area contributed by atoms with Gasteiger partial charge in [-0.1, -0.05) is 145 Å². The van der Waals surface area contributed by atoms with Crippen molar-refractivity contribution in [2.24, 2.45) is 5.73 Å². The molecule has 28 heteroatoms. The van der Waals surface area contributed by atoms with Crippen LogP contribution in [0.5, 0.6) is 23.0 Å². The summed E-state index contributed by atoms with van der Waals surface area (Å²) < 4.78 is 12.3. The fourth-order valence-corrected chi connectivity index (χ4v) is 23.9. The van der Waals surface area contributed by atoms with Crippen molar-refractivity contribution < 1.29 is 73.7 Å². The average Bonchev–Trinajstić information content (AvgIpc) is 1.27. The fraction of sp³-hybridized carbons (Fsp3) is 0.323. The van der Waals surface area contributed by atoms with Gasteiger partial charge in [-0.3, -0.25) is 14.4 Å². The molecule has 6 aromatic carbocycles. The van der Waals surface area contributed by atoms with Gasteiger partial charge in [0.15, 0.2) is 34.2 Å². The number of amides is 3. The Labute approximate surface area is 558 Å². The summed E-state index contributed by atoms with van der Waals surface area (Å²) >= 11 is 52.6. The molecule has 5 aliphatic rings. The molecule has 0 atom stereocenters. The minimum absolute atomic E-state index is 0.000655. The van der Waals surface area contributed by atoms with Crippen molar-refractivity contribution in [1.29, 1.82) is 0 Å². The highest BCUT2D eigenvalue weighted by Crippen LogP contribution is 2.56. The number of benzene rings is 6. The molecule has 0 bridgehead atoms. The number of nitrogens with zero attached hydrogens (tertiary/aromatic N) is 1. The number of carbonyl (C=O) groups excluding carboxylic acids is 6. The van der Waals surface area contributed by atoms with Crippen molar-refractivity contribution in [3.8, 4) is 23.0 Å². The van der Waals surface area contributed by atoms with E-state index in [1.165, 1.54) is 48.5 Å². The Morgan fingerprint density at radius 3 is 1.23 bits per heavy atom. The number of nitrogens with two attached hydrogens (primary N) is 1. The van der Waals surface area contributed by atoms with Gasteiger partial charge in [-0.2, -0.15) is 0 Å². The van der Waals surface area contributed by atoms with Crippen LogP contribution in [0.15, 0.2) is 60.7 Å². The number of imide groups is 1. The van der Waals surface area contributed by atoms with E-state index in [-0.39, 0.29) is 111 Å². The van der Waals surface area contributed by atoms with Crippen molar-refractivity contribution in [3.05, 3.63) is 156 Å². The van der Waals surface area contributed by atoms with Crippen LogP contribution in [0, 0.1) is 0 Å². The number of aliphatic hydroxyl groups excluding tert-OH is 2. The molecule has 0 radical (unpaired) electrons. The Hall–Kier alpha value is -5.83. The van der Waals surface area contributed by atoms with Gasteiger partial charge in [0.05, 0.1) is 56.9 Å². The van der Waals surface area contributed by atoms with Gasteiger partial charge in [0.25, 0.3) is 17.7 Å². The van der Waals surface area contributed by atoms with E-state index < -0.39 is 57.1 Å². The summed E-state index contributed by atoms with van der Waals surface area (Å²) in [7, 11) is -5.93. The molecule has 9 N–H and O–H groups in total. The number of unbranched alkanes of at least 4 members (excludes halogenated alkanes) is 6. The first-order valence-electron chi connectivity index (χ1n) is 28.4. The summed E-state index contributed by atoms with van der Waals surface area (Å²) in [5.41, 5.74) is 4.28. The largest absolute Gasteiger partial charge is 0.505 e. The quantitative estimate of drug-likeness (QED) is 0.0218. The lowest BCUT2D eigenvalue weighted by atomic mass is 9.78. The molecule has 0 unspecified atom stereocenters. The zero-order chi connectivity index (χ0) is 65.9. The summed E-state index contributed by atoms with van der Waals surface area (Å²) in [5, 5.41) is 64.9. The van der Waals surface area contributed by atoms with Gasteiger partial charge in [0.2, 0.25) is 0 Å². The van der Waals surface area contributed by atoms with Crippen LogP contribution in [0.3, 0.4) is 0 Å². The number of hydrogen-bond acceptors (Lipinski definition) is 16. The van der Waals surface area contributed by atoms with Crippen molar-refractivity contribution in [2.75, 3.05) is 26.3 Å². The second-order valence-corrected chi connectivity index (χ2v) is 34.6. The predicted octanol–water partition coefficient (Wildman–Crippen LogP) is 10.6. The van der Waals surface area contributed by atoms with Gasteiger partial charge in [-0.05, 0) is 114 Å². The minimum Gasteiger partial charge on any atom is -0.505 e. The van der Waals surface area contributed by atoms with Crippen LogP contribution in [0.25, 0.3) is 0 Å². The van der Waals surface area contributed by atoms with E-state index in [1.807, 2.05) is 26.2 Å². The maximum absolute atomic E-state index is 13.4. The molecule has 2 spiro atoms. The number of hydrogen-bond donors (Lipinski definition) is 8. The fourth-order valence-electron chi connectivity index (χ4n) is 12.4. The lowest BCUT2D eigenvalue weighted by Crippen LogP contribution is -2.64. The molecular weight excluding hydrogens is 1370 g/mol. The molecule has 11 rings (SSSR count). The molecule has 1 fully saturated rings. The lowest BCUT2D eigenvalue weighted by Gasteiger charge is -2.44. The van der Waals surface area contributed by atoms with Crippen LogP contribution in [-0.2, 0) is 35.1 Å². The number of rotatable bonds is 14. The Morgan fingerprint density at radius 1 is 0.522 bits per heavy atom. The second-order valence-electron chi connectivity index (χ2n) is 23.0. The Morgan fingerprint density at radius 2 is 0.867 bits per heavy atom. The average molecular weight is 1430 g/mol. The third-order valence-electron chi connectivity index (χ3n) is 16.7. The predicted molar refractivity (Wildman–Crippen MR) is 348 cm³/mol. The maximum Gasteiger partial charge on any atom is 0.363 e. The summed E-state index contributed by atoms with van der Waals surface area (Å²) in [4.78, 5) is 82.2. The standard InChI is InChI=1S/C29H27Cl4NO6Si.C27H17Cl4NO8Si.C6H15NO/c1-41(2)25-17(12-19(30)23(36)21(25)32)29(18-13-20(31)24(37)22(33)26(18)41)16-11-14(7-8-15(16)28(39)40-29)27(38)34-9-5-3-4-6-10-35;1-41(2)23-13(8-15(28)21(35)19(23)30)27(14-9-16(29)22(36)20(31)24(14)41)12-7-10(3-4-11(12)26(38)39-27)25(37)40-32-17(33)5-6-18(32)34;7-5-3-1-2-4-6-8/h7-8,11-13,35-37H,3-6,9-10H2,1-2H3,(H,34,38);3-4,7-9,35-36H,5-6H2,1-2H3;8H,1-7H2. The number of nitrogens with one attached hydrogen (secondary N) is 1. The number of carbonyl (C=O) groups is 6. The summed E-state index contributed by atoms with van der Waals surface area (Å²) in [6.45, 7) is 9.34. The van der Waals surface area contributed by atoms with Crippen molar-refractivity contribution >= 4 is 165 Å². The first-order valence-corrected chi connectivity index (χ1v) is 37.4.